The standard InChI is InChI=1S/C28H28ClN7O3/c1-31-28-23-14-33-26(30)11-22(23)18(12-34-28)6-7-20-10-24(19(13-32-20)15-36-16-21(17-36)37-2)38-8-9-39-27-5-3-4-25(29)35-27/h3-5,10-14,21H,8-9,15-17H2,1-2H3,(H2,30,33)(H,31,34). The number of nitrogen functional groups attached to an aromatic ring is 1. The molecule has 0 saturated carbocycles. The molecule has 1 aliphatic rings. The van der Waals surface area contributed by atoms with Gasteiger partial charge in [-0.3, -0.25) is 4.90 Å². The molecule has 5 rings (SSSR count). The molecular weight excluding hydrogens is 518 g/mol. The predicted molar refractivity (Wildman–Crippen MR) is 150 cm³/mol. The second-order valence-corrected chi connectivity index (χ2v) is 9.29. The minimum Gasteiger partial charge on any atom is -0.490 e. The highest BCUT2D eigenvalue weighted by atomic mass is 35.5. The molecular formula is C28H28ClN7O3. The van der Waals surface area contributed by atoms with Gasteiger partial charge in [-0.1, -0.05) is 23.6 Å². The van der Waals surface area contributed by atoms with Gasteiger partial charge in [-0.15, -0.1) is 0 Å². The molecule has 1 aliphatic heterocycles. The van der Waals surface area contributed by atoms with Crippen molar-refractivity contribution in [2.24, 2.45) is 0 Å². The van der Waals surface area contributed by atoms with E-state index in [9.17, 15) is 0 Å². The van der Waals surface area contributed by atoms with E-state index in [0.29, 0.717) is 53.9 Å². The number of halogens is 1. The van der Waals surface area contributed by atoms with E-state index in [4.69, 9.17) is 31.5 Å². The van der Waals surface area contributed by atoms with Crippen molar-refractivity contribution in [1.82, 2.24) is 24.8 Å². The van der Waals surface area contributed by atoms with Gasteiger partial charge >= 0.3 is 0 Å². The van der Waals surface area contributed by atoms with Crippen LogP contribution < -0.4 is 20.5 Å². The average Bonchev–Trinajstić information content (AvgIpc) is 2.92. The number of aromatic nitrogens is 4. The zero-order valence-electron chi connectivity index (χ0n) is 21.6. The number of nitrogens with zero attached hydrogens (tertiary/aromatic N) is 5. The summed E-state index contributed by atoms with van der Waals surface area (Å²) in [7, 11) is 3.54. The fraction of sp³-hybridized carbons (Fsp3) is 0.286. The van der Waals surface area contributed by atoms with E-state index in [-0.39, 0.29) is 6.10 Å². The third-order valence-electron chi connectivity index (χ3n) is 6.23. The Kier molecular flexibility index (Phi) is 8.22. The van der Waals surface area contributed by atoms with Gasteiger partial charge in [0.25, 0.3) is 0 Å². The number of pyridine rings is 4. The van der Waals surface area contributed by atoms with Crippen molar-refractivity contribution < 1.29 is 14.2 Å². The molecule has 39 heavy (non-hydrogen) atoms. The van der Waals surface area contributed by atoms with Crippen molar-refractivity contribution in [3.63, 3.8) is 0 Å². The van der Waals surface area contributed by atoms with Crippen LogP contribution in [0.25, 0.3) is 10.8 Å². The maximum absolute atomic E-state index is 6.12. The van der Waals surface area contributed by atoms with Crippen molar-refractivity contribution >= 4 is 34.0 Å². The van der Waals surface area contributed by atoms with Crippen LogP contribution in [0.1, 0.15) is 16.8 Å². The van der Waals surface area contributed by atoms with Gasteiger partial charge in [0.05, 0.1) is 11.7 Å². The maximum atomic E-state index is 6.12. The first kappa shape index (κ1) is 26.4. The zero-order valence-corrected chi connectivity index (χ0v) is 22.4. The largest absolute Gasteiger partial charge is 0.490 e. The van der Waals surface area contributed by atoms with E-state index in [1.165, 1.54) is 0 Å². The van der Waals surface area contributed by atoms with Crippen molar-refractivity contribution in [3.05, 3.63) is 70.9 Å². The van der Waals surface area contributed by atoms with Gasteiger partial charge in [-0.25, -0.2) is 19.9 Å². The van der Waals surface area contributed by atoms with Gasteiger partial charge in [0, 0.05) is 80.9 Å². The lowest BCUT2D eigenvalue weighted by molar-refractivity contribution is -0.0337. The fourth-order valence-electron chi connectivity index (χ4n) is 4.18. The lowest BCUT2D eigenvalue weighted by atomic mass is 10.1. The summed E-state index contributed by atoms with van der Waals surface area (Å²) in [5.74, 6) is 8.59. The molecule has 0 aromatic carbocycles. The monoisotopic (exact) mass is 545 g/mol. The number of fused-ring (bicyclic) bond motifs is 1. The first-order valence-corrected chi connectivity index (χ1v) is 12.8. The van der Waals surface area contributed by atoms with Gasteiger partial charge in [0.2, 0.25) is 5.88 Å². The van der Waals surface area contributed by atoms with Gasteiger partial charge in [0.1, 0.15) is 41.4 Å². The quantitative estimate of drug-likeness (QED) is 0.184. The summed E-state index contributed by atoms with van der Waals surface area (Å²) in [5.41, 5.74) is 8.19. The highest BCUT2D eigenvalue weighted by molar-refractivity contribution is 6.29. The van der Waals surface area contributed by atoms with Gasteiger partial charge in [-0.05, 0) is 18.1 Å². The second kappa shape index (κ2) is 12.1. The number of likely N-dealkylation sites (tertiary alicyclic amines) is 1. The molecule has 1 fully saturated rings. The molecule has 3 N–H and O–H groups in total. The first-order chi connectivity index (χ1) is 19.0. The van der Waals surface area contributed by atoms with Crippen LogP contribution in [0.15, 0.2) is 48.9 Å². The SMILES string of the molecule is CNc1ncc(C#Cc2cc(OCCOc3cccc(Cl)n3)c(CN3CC(OC)C3)cn2)c2cc(N)ncc12. The number of ether oxygens (including phenoxy) is 3. The number of nitrogens with two attached hydrogens (primary N) is 1. The zero-order chi connectivity index (χ0) is 27.2. The highest BCUT2D eigenvalue weighted by Gasteiger charge is 2.27. The molecule has 0 bridgehead atoms. The van der Waals surface area contributed by atoms with Crippen LogP contribution >= 0.6 is 11.6 Å². The highest BCUT2D eigenvalue weighted by Crippen LogP contribution is 2.26. The van der Waals surface area contributed by atoms with Crippen LogP contribution in [-0.2, 0) is 11.3 Å². The van der Waals surface area contributed by atoms with E-state index in [2.05, 4.69) is 42.0 Å². The van der Waals surface area contributed by atoms with Crippen molar-refractivity contribution in [2.75, 3.05) is 51.5 Å². The molecule has 0 amide bonds. The molecule has 0 aliphatic carbocycles. The van der Waals surface area contributed by atoms with Crippen LogP contribution in [-0.4, -0.2) is 71.4 Å². The van der Waals surface area contributed by atoms with Crippen LogP contribution in [0.3, 0.4) is 0 Å². The summed E-state index contributed by atoms with van der Waals surface area (Å²) in [5, 5.41) is 5.14. The van der Waals surface area contributed by atoms with Gasteiger partial charge in [0.15, 0.2) is 0 Å². The van der Waals surface area contributed by atoms with E-state index in [0.717, 1.165) is 35.0 Å². The molecule has 11 heteroatoms. The number of methoxy groups -OCH3 is 1. The summed E-state index contributed by atoms with van der Waals surface area (Å²) < 4.78 is 17.2. The topological polar surface area (TPSA) is 121 Å². The lowest BCUT2D eigenvalue weighted by Gasteiger charge is -2.38. The molecule has 200 valence electrons. The minimum absolute atomic E-state index is 0.257. The van der Waals surface area contributed by atoms with Gasteiger partial charge < -0.3 is 25.3 Å². The number of nitrogens with one attached hydrogen (secondary N) is 1. The minimum atomic E-state index is 0.257. The molecule has 0 radical (unpaired) electrons. The molecule has 0 spiro atoms. The summed E-state index contributed by atoms with van der Waals surface area (Å²) >= 11 is 5.94. The van der Waals surface area contributed by atoms with E-state index >= 15 is 0 Å². The van der Waals surface area contributed by atoms with E-state index in [1.54, 1.807) is 50.0 Å². The Bertz CT molecular complexity index is 1530. The Labute approximate surface area is 231 Å². The summed E-state index contributed by atoms with van der Waals surface area (Å²) in [4.78, 5) is 19.6. The normalized spacial score (nSPS) is 13.4. The van der Waals surface area contributed by atoms with Crippen LogP contribution in [0.5, 0.6) is 11.6 Å². The molecule has 4 aromatic heterocycles. The maximum Gasteiger partial charge on any atom is 0.214 e. The Morgan fingerprint density at radius 1 is 1.05 bits per heavy atom. The smallest absolute Gasteiger partial charge is 0.214 e. The number of hydrogen-bond acceptors (Lipinski definition) is 10. The van der Waals surface area contributed by atoms with Crippen molar-refractivity contribution in [3.8, 4) is 23.5 Å². The van der Waals surface area contributed by atoms with Crippen LogP contribution in [0, 0.1) is 11.8 Å². The second-order valence-electron chi connectivity index (χ2n) is 8.90. The third-order valence-corrected chi connectivity index (χ3v) is 6.44. The Balaban J connectivity index is 1.36. The molecule has 4 aromatic rings. The molecule has 5 heterocycles. The third kappa shape index (κ3) is 6.46. The molecule has 10 nitrogen and oxygen atoms in total. The molecule has 1 saturated heterocycles. The van der Waals surface area contributed by atoms with Crippen LogP contribution in [0.4, 0.5) is 11.6 Å². The Morgan fingerprint density at radius 3 is 2.69 bits per heavy atom. The number of anilines is 2. The summed E-state index contributed by atoms with van der Waals surface area (Å²) in [6, 6.07) is 8.87. The fourth-order valence-corrected chi connectivity index (χ4v) is 4.33. The first-order valence-electron chi connectivity index (χ1n) is 12.4. The summed E-state index contributed by atoms with van der Waals surface area (Å²) in [6.45, 7) is 3.03. The summed E-state index contributed by atoms with van der Waals surface area (Å²) in [6.07, 6.45) is 5.47. The van der Waals surface area contributed by atoms with Crippen LogP contribution in [0.2, 0.25) is 5.15 Å². The molecule has 0 atom stereocenters. The van der Waals surface area contributed by atoms with E-state index < -0.39 is 0 Å². The Hall–Kier alpha value is -4.17. The van der Waals surface area contributed by atoms with Crippen molar-refractivity contribution in [1.29, 1.82) is 0 Å². The number of rotatable bonds is 9. The Morgan fingerprint density at radius 2 is 1.90 bits per heavy atom. The van der Waals surface area contributed by atoms with E-state index in [1.807, 2.05) is 13.1 Å². The predicted octanol–water partition coefficient (Wildman–Crippen LogP) is 3.39. The van der Waals surface area contributed by atoms with Gasteiger partial charge in [-0.2, -0.15) is 0 Å². The molecule has 0 unspecified atom stereocenters. The van der Waals surface area contributed by atoms with Crippen molar-refractivity contribution in [2.45, 2.75) is 12.6 Å². The lowest BCUT2D eigenvalue weighted by Crippen LogP contribution is -2.50. The average molecular weight is 546 g/mol. The number of hydrogen-bond donors (Lipinski definition) is 2.